The molecule has 1 aromatic heterocycles. The molecular formula is C19H17F3N4. The van der Waals surface area contributed by atoms with E-state index in [2.05, 4.69) is 20.6 Å². The maximum absolute atomic E-state index is 13.8. The molecule has 2 N–H and O–H groups in total. The molecule has 0 amide bonds. The normalized spacial score (nSPS) is 10.7. The molecular weight excluding hydrogens is 341 g/mol. The molecule has 0 unspecified atom stereocenters. The summed E-state index contributed by atoms with van der Waals surface area (Å²) in [6, 6.07) is 9.51. The maximum Gasteiger partial charge on any atom is 0.229 e. The Hall–Kier alpha value is -3.09. The van der Waals surface area contributed by atoms with Gasteiger partial charge < -0.3 is 10.6 Å². The van der Waals surface area contributed by atoms with Crippen molar-refractivity contribution in [1.82, 2.24) is 9.97 Å². The van der Waals surface area contributed by atoms with Gasteiger partial charge >= 0.3 is 0 Å². The summed E-state index contributed by atoms with van der Waals surface area (Å²) in [5.74, 6) is -3.55. The molecule has 3 aromatic rings. The van der Waals surface area contributed by atoms with Crippen molar-refractivity contribution in [3.63, 3.8) is 0 Å². The van der Waals surface area contributed by atoms with E-state index >= 15 is 0 Å². The second-order valence-electron chi connectivity index (χ2n) is 5.94. The van der Waals surface area contributed by atoms with Crippen LogP contribution in [0.1, 0.15) is 16.8 Å². The molecule has 4 nitrogen and oxygen atoms in total. The highest BCUT2D eigenvalue weighted by Gasteiger charge is 2.14. The fraction of sp³-hybridized carbons (Fsp3) is 0.158. The molecule has 0 saturated carbocycles. The van der Waals surface area contributed by atoms with Crippen LogP contribution in [0, 0.1) is 38.2 Å². The average Bonchev–Trinajstić information content (AvgIpc) is 2.59. The first-order valence-corrected chi connectivity index (χ1v) is 7.94. The lowest BCUT2D eigenvalue weighted by Gasteiger charge is -2.13. The Morgan fingerprint density at radius 3 is 2.35 bits per heavy atom. The molecule has 1 heterocycles. The van der Waals surface area contributed by atoms with Gasteiger partial charge in [0, 0.05) is 17.4 Å². The number of aryl methyl sites for hydroxylation is 2. The highest BCUT2D eigenvalue weighted by atomic mass is 19.2. The Kier molecular flexibility index (Phi) is 4.79. The SMILES string of the molecule is Cc1cc(Nc2cccc(C)c2C)nc(Nc2ccc(F)c(F)c2F)n1. The van der Waals surface area contributed by atoms with Crippen LogP contribution in [0.3, 0.4) is 0 Å². The summed E-state index contributed by atoms with van der Waals surface area (Å²) in [6.07, 6.45) is 0. The van der Waals surface area contributed by atoms with E-state index < -0.39 is 17.5 Å². The van der Waals surface area contributed by atoms with Crippen LogP contribution in [0.15, 0.2) is 36.4 Å². The third-order valence-electron chi connectivity index (χ3n) is 4.00. The van der Waals surface area contributed by atoms with Crippen molar-refractivity contribution in [2.45, 2.75) is 20.8 Å². The zero-order valence-electron chi connectivity index (χ0n) is 14.5. The molecule has 0 fully saturated rings. The van der Waals surface area contributed by atoms with Gasteiger partial charge in [0.25, 0.3) is 0 Å². The Morgan fingerprint density at radius 2 is 1.58 bits per heavy atom. The first kappa shape index (κ1) is 17.7. The minimum Gasteiger partial charge on any atom is -0.340 e. The van der Waals surface area contributed by atoms with Crippen LogP contribution < -0.4 is 10.6 Å². The number of benzene rings is 2. The van der Waals surface area contributed by atoms with Gasteiger partial charge in [0.1, 0.15) is 5.82 Å². The molecule has 26 heavy (non-hydrogen) atoms. The van der Waals surface area contributed by atoms with E-state index in [9.17, 15) is 13.2 Å². The van der Waals surface area contributed by atoms with Crippen molar-refractivity contribution in [2.24, 2.45) is 0 Å². The molecule has 0 bridgehead atoms. The third-order valence-corrected chi connectivity index (χ3v) is 4.00. The molecule has 3 rings (SSSR count). The van der Waals surface area contributed by atoms with E-state index in [0.717, 1.165) is 28.9 Å². The van der Waals surface area contributed by atoms with Crippen LogP contribution in [0.25, 0.3) is 0 Å². The fourth-order valence-electron chi connectivity index (χ4n) is 2.46. The van der Waals surface area contributed by atoms with Gasteiger partial charge in [0.15, 0.2) is 17.5 Å². The van der Waals surface area contributed by atoms with Crippen LogP contribution in [0.2, 0.25) is 0 Å². The molecule has 0 spiro atoms. The molecule has 2 aromatic carbocycles. The Morgan fingerprint density at radius 1 is 0.808 bits per heavy atom. The molecule has 0 aliphatic carbocycles. The molecule has 134 valence electrons. The second kappa shape index (κ2) is 7.03. The van der Waals surface area contributed by atoms with Gasteiger partial charge in [-0.05, 0) is 50.1 Å². The summed E-state index contributed by atoms with van der Waals surface area (Å²) < 4.78 is 40.3. The van der Waals surface area contributed by atoms with E-state index in [-0.39, 0.29) is 11.6 Å². The van der Waals surface area contributed by atoms with Gasteiger partial charge in [0.05, 0.1) is 5.69 Å². The van der Waals surface area contributed by atoms with E-state index in [4.69, 9.17) is 0 Å². The molecule has 0 radical (unpaired) electrons. The first-order chi connectivity index (χ1) is 12.3. The Balaban J connectivity index is 1.91. The molecule has 0 aliphatic heterocycles. The van der Waals surface area contributed by atoms with Crippen LogP contribution in [0.5, 0.6) is 0 Å². The summed E-state index contributed by atoms with van der Waals surface area (Å²) >= 11 is 0. The third kappa shape index (κ3) is 3.61. The van der Waals surface area contributed by atoms with Gasteiger partial charge in [-0.1, -0.05) is 12.1 Å². The van der Waals surface area contributed by atoms with Crippen molar-refractivity contribution < 1.29 is 13.2 Å². The number of nitrogens with zero attached hydrogens (tertiary/aromatic N) is 2. The van der Waals surface area contributed by atoms with E-state index in [1.807, 2.05) is 32.0 Å². The van der Waals surface area contributed by atoms with Crippen molar-refractivity contribution in [1.29, 1.82) is 0 Å². The Labute approximate surface area is 149 Å². The van der Waals surface area contributed by atoms with Gasteiger partial charge in [-0.15, -0.1) is 0 Å². The summed E-state index contributed by atoms with van der Waals surface area (Å²) in [6.45, 7) is 5.74. The van der Waals surface area contributed by atoms with Gasteiger partial charge in [-0.25, -0.2) is 18.2 Å². The van der Waals surface area contributed by atoms with Crippen molar-refractivity contribution in [3.05, 3.63) is 70.7 Å². The zero-order chi connectivity index (χ0) is 18.8. The standard InChI is InChI=1S/C19H17F3N4/c1-10-5-4-6-14(12(10)3)24-16-9-11(2)23-19(26-16)25-15-8-7-13(20)17(21)18(15)22/h4-9H,1-3H3,(H2,23,24,25,26). The summed E-state index contributed by atoms with van der Waals surface area (Å²) in [7, 11) is 0. The maximum atomic E-state index is 13.8. The topological polar surface area (TPSA) is 49.8 Å². The van der Waals surface area contributed by atoms with Gasteiger partial charge in [-0.3, -0.25) is 0 Å². The quantitative estimate of drug-likeness (QED) is 0.621. The number of hydrogen-bond acceptors (Lipinski definition) is 4. The van der Waals surface area contributed by atoms with Crippen LogP contribution >= 0.6 is 0 Å². The predicted octanol–water partition coefficient (Wildman–Crippen LogP) is 5.31. The minimum atomic E-state index is -1.55. The lowest BCUT2D eigenvalue weighted by Crippen LogP contribution is -2.05. The van der Waals surface area contributed by atoms with Crippen molar-refractivity contribution in [3.8, 4) is 0 Å². The largest absolute Gasteiger partial charge is 0.340 e. The fourth-order valence-corrected chi connectivity index (χ4v) is 2.46. The zero-order valence-corrected chi connectivity index (χ0v) is 14.5. The number of rotatable bonds is 4. The monoisotopic (exact) mass is 358 g/mol. The summed E-state index contributed by atoms with van der Waals surface area (Å²) in [4.78, 5) is 8.43. The molecule has 0 saturated heterocycles. The lowest BCUT2D eigenvalue weighted by atomic mass is 10.1. The van der Waals surface area contributed by atoms with Crippen LogP contribution in [-0.2, 0) is 0 Å². The van der Waals surface area contributed by atoms with E-state index in [1.165, 1.54) is 0 Å². The number of nitrogens with one attached hydrogen (secondary N) is 2. The number of aromatic nitrogens is 2. The molecule has 0 atom stereocenters. The second-order valence-corrected chi connectivity index (χ2v) is 5.94. The number of halogens is 3. The van der Waals surface area contributed by atoms with Crippen LogP contribution in [0.4, 0.5) is 36.3 Å². The molecule has 7 heteroatoms. The van der Waals surface area contributed by atoms with E-state index in [1.54, 1.807) is 13.0 Å². The highest BCUT2D eigenvalue weighted by Crippen LogP contribution is 2.25. The van der Waals surface area contributed by atoms with E-state index in [0.29, 0.717) is 11.5 Å². The lowest BCUT2D eigenvalue weighted by molar-refractivity contribution is 0.449. The Bertz CT molecular complexity index is 973. The average molecular weight is 358 g/mol. The smallest absolute Gasteiger partial charge is 0.229 e. The van der Waals surface area contributed by atoms with Crippen molar-refractivity contribution >= 4 is 23.1 Å². The summed E-state index contributed by atoms with van der Waals surface area (Å²) in [5, 5.41) is 5.79. The summed E-state index contributed by atoms with van der Waals surface area (Å²) in [5.41, 5.74) is 3.46. The highest BCUT2D eigenvalue weighted by molar-refractivity contribution is 5.64. The number of anilines is 4. The van der Waals surface area contributed by atoms with Crippen molar-refractivity contribution in [2.75, 3.05) is 10.6 Å². The number of hydrogen-bond donors (Lipinski definition) is 2. The minimum absolute atomic E-state index is 0.0720. The van der Waals surface area contributed by atoms with Crippen LogP contribution in [-0.4, -0.2) is 9.97 Å². The van der Waals surface area contributed by atoms with Gasteiger partial charge in [-0.2, -0.15) is 4.98 Å². The predicted molar refractivity (Wildman–Crippen MR) is 95.6 cm³/mol. The first-order valence-electron chi connectivity index (χ1n) is 7.94. The van der Waals surface area contributed by atoms with Gasteiger partial charge in [0.2, 0.25) is 5.95 Å². The molecule has 0 aliphatic rings.